The Kier molecular flexibility index (Phi) is 8.86. The second-order valence-corrected chi connectivity index (χ2v) is 11.1. The van der Waals surface area contributed by atoms with Gasteiger partial charge in [0.05, 0.1) is 16.7 Å². The number of carbonyl (C=O) groups excluding carboxylic acids is 1. The molecular weight excluding hydrogens is 530 g/mol. The van der Waals surface area contributed by atoms with Gasteiger partial charge in [0.1, 0.15) is 0 Å². The molecule has 0 atom stereocenters. The zero-order valence-corrected chi connectivity index (χ0v) is 23.5. The van der Waals surface area contributed by atoms with Crippen molar-refractivity contribution < 1.29 is 4.79 Å². The fourth-order valence-electron chi connectivity index (χ4n) is 4.77. The van der Waals surface area contributed by atoms with Crippen LogP contribution < -0.4 is 15.8 Å². The van der Waals surface area contributed by atoms with E-state index in [1.165, 1.54) is 11.8 Å². The highest BCUT2D eigenvalue weighted by molar-refractivity contribution is 7.99. The number of nitrogens with zero attached hydrogens (tertiary/aromatic N) is 4. The normalized spacial score (nSPS) is 14.1. The van der Waals surface area contributed by atoms with Crippen LogP contribution in [0.1, 0.15) is 12.0 Å². The van der Waals surface area contributed by atoms with Gasteiger partial charge in [-0.3, -0.25) is 19.1 Å². The van der Waals surface area contributed by atoms with Crippen molar-refractivity contribution in [2.45, 2.75) is 25.0 Å². The molecule has 2 heterocycles. The average Bonchev–Trinajstić information content (AvgIpc) is 2.95. The number of carbonyl (C=O) groups is 1. The molecule has 5 rings (SSSR count). The SMILES string of the molecule is Cc1ccc(NC(=O)CSc2nc3ccccc3c(=O)n2CCCN2CCN(c3cccc(Cl)c3)CC2)cc1. The van der Waals surface area contributed by atoms with E-state index in [0.717, 1.165) is 61.1 Å². The summed E-state index contributed by atoms with van der Waals surface area (Å²) in [6.07, 6.45) is 0.820. The van der Waals surface area contributed by atoms with Crippen LogP contribution in [-0.2, 0) is 11.3 Å². The van der Waals surface area contributed by atoms with E-state index in [1.807, 2.05) is 73.7 Å². The van der Waals surface area contributed by atoms with Crippen LogP contribution in [0.3, 0.4) is 0 Å². The Balaban J connectivity index is 1.21. The van der Waals surface area contributed by atoms with Crippen LogP contribution in [-0.4, -0.2) is 58.8 Å². The number of hydrogen-bond acceptors (Lipinski definition) is 6. The molecule has 1 aliphatic rings. The molecule has 0 saturated carbocycles. The molecule has 4 aromatic rings. The quantitative estimate of drug-likeness (QED) is 0.221. The molecule has 3 aromatic carbocycles. The van der Waals surface area contributed by atoms with Gasteiger partial charge in [-0.25, -0.2) is 4.98 Å². The highest BCUT2D eigenvalue weighted by Gasteiger charge is 2.18. The lowest BCUT2D eigenvalue weighted by Gasteiger charge is -2.36. The third-order valence-electron chi connectivity index (χ3n) is 6.90. The maximum absolute atomic E-state index is 13.4. The van der Waals surface area contributed by atoms with E-state index in [2.05, 4.69) is 21.2 Å². The lowest BCUT2D eigenvalue weighted by molar-refractivity contribution is -0.113. The van der Waals surface area contributed by atoms with Gasteiger partial charge in [-0.2, -0.15) is 0 Å². The second-order valence-electron chi connectivity index (χ2n) is 9.73. The summed E-state index contributed by atoms with van der Waals surface area (Å²) in [5.41, 5.74) is 3.63. The molecule has 1 aliphatic heterocycles. The summed E-state index contributed by atoms with van der Waals surface area (Å²) in [5, 5.41) is 4.85. The van der Waals surface area contributed by atoms with Crippen molar-refractivity contribution in [1.82, 2.24) is 14.5 Å². The molecule has 1 saturated heterocycles. The second kappa shape index (κ2) is 12.7. The van der Waals surface area contributed by atoms with E-state index >= 15 is 0 Å². The molecule has 7 nitrogen and oxygen atoms in total. The third-order valence-corrected chi connectivity index (χ3v) is 8.11. The summed E-state index contributed by atoms with van der Waals surface area (Å²) < 4.78 is 1.73. The molecule has 0 bridgehead atoms. The molecule has 1 N–H and O–H groups in total. The van der Waals surface area contributed by atoms with Crippen molar-refractivity contribution >= 4 is 51.5 Å². The fourth-order valence-corrected chi connectivity index (χ4v) is 5.78. The van der Waals surface area contributed by atoms with E-state index in [0.29, 0.717) is 22.6 Å². The number of thioether (sulfide) groups is 1. The highest BCUT2D eigenvalue weighted by Crippen LogP contribution is 2.22. The smallest absolute Gasteiger partial charge is 0.262 e. The highest BCUT2D eigenvalue weighted by atomic mass is 35.5. The van der Waals surface area contributed by atoms with Gasteiger partial charge in [-0.1, -0.05) is 59.3 Å². The first-order valence-corrected chi connectivity index (χ1v) is 14.5. The largest absolute Gasteiger partial charge is 0.369 e. The van der Waals surface area contributed by atoms with Gasteiger partial charge >= 0.3 is 0 Å². The topological polar surface area (TPSA) is 70.5 Å². The van der Waals surface area contributed by atoms with Crippen LogP contribution >= 0.6 is 23.4 Å². The van der Waals surface area contributed by atoms with Crippen molar-refractivity contribution in [3.8, 4) is 0 Å². The summed E-state index contributed by atoms with van der Waals surface area (Å²) in [7, 11) is 0. The molecule has 0 unspecified atom stereocenters. The van der Waals surface area contributed by atoms with E-state index in [1.54, 1.807) is 4.57 Å². The Bertz CT molecular complexity index is 1500. The number of halogens is 1. The molecule has 1 fully saturated rings. The number of aromatic nitrogens is 2. The van der Waals surface area contributed by atoms with Gasteiger partial charge in [-0.05, 0) is 62.4 Å². The summed E-state index contributed by atoms with van der Waals surface area (Å²) in [6.45, 7) is 7.24. The molecule has 0 spiro atoms. The van der Waals surface area contributed by atoms with E-state index < -0.39 is 0 Å². The summed E-state index contributed by atoms with van der Waals surface area (Å²) in [6, 6.07) is 23.1. The van der Waals surface area contributed by atoms with Crippen molar-refractivity contribution in [3.05, 3.63) is 93.7 Å². The minimum absolute atomic E-state index is 0.0622. The van der Waals surface area contributed by atoms with Crippen molar-refractivity contribution in [3.63, 3.8) is 0 Å². The molecule has 9 heteroatoms. The van der Waals surface area contributed by atoms with Crippen LogP contribution in [0, 0.1) is 6.92 Å². The Hall–Kier alpha value is -3.33. The monoisotopic (exact) mass is 561 g/mol. The predicted octanol–water partition coefficient (Wildman–Crippen LogP) is 5.30. The summed E-state index contributed by atoms with van der Waals surface area (Å²) in [4.78, 5) is 35.6. The molecule has 0 aliphatic carbocycles. The number of piperazine rings is 1. The van der Waals surface area contributed by atoms with E-state index in [-0.39, 0.29) is 17.2 Å². The minimum atomic E-state index is -0.129. The van der Waals surface area contributed by atoms with Crippen LogP contribution in [0.25, 0.3) is 10.9 Å². The Labute approximate surface area is 237 Å². The van der Waals surface area contributed by atoms with Crippen LogP contribution in [0.15, 0.2) is 82.7 Å². The standard InChI is InChI=1S/C30H32ClN5O2S/c1-22-10-12-24(13-11-22)32-28(37)21-39-30-33-27-9-3-2-8-26(27)29(38)36(30)15-5-14-34-16-18-35(19-17-34)25-7-4-6-23(31)20-25/h2-4,6-13,20H,5,14-19,21H2,1H3,(H,32,37). The van der Waals surface area contributed by atoms with Gasteiger partial charge in [-0.15, -0.1) is 0 Å². The first kappa shape index (κ1) is 27.2. The molecule has 1 aromatic heterocycles. The third kappa shape index (κ3) is 7.01. The number of aryl methyl sites for hydroxylation is 1. The number of fused-ring (bicyclic) bond motifs is 1. The number of nitrogens with one attached hydrogen (secondary N) is 1. The van der Waals surface area contributed by atoms with Gasteiger partial charge in [0.15, 0.2) is 5.16 Å². The predicted molar refractivity (Wildman–Crippen MR) is 161 cm³/mol. The number of hydrogen-bond donors (Lipinski definition) is 1. The number of benzene rings is 3. The Morgan fingerprint density at radius 2 is 1.74 bits per heavy atom. The van der Waals surface area contributed by atoms with Crippen molar-refractivity contribution in [1.29, 1.82) is 0 Å². The first-order valence-electron chi connectivity index (χ1n) is 13.2. The minimum Gasteiger partial charge on any atom is -0.369 e. The number of rotatable bonds is 9. The summed E-state index contributed by atoms with van der Waals surface area (Å²) in [5.74, 6) is 0.0415. The zero-order chi connectivity index (χ0) is 27.2. The fraction of sp³-hybridized carbons (Fsp3) is 0.300. The molecular formula is C30H32ClN5O2S. The van der Waals surface area contributed by atoms with E-state index in [4.69, 9.17) is 16.6 Å². The Morgan fingerprint density at radius 3 is 2.51 bits per heavy atom. The maximum atomic E-state index is 13.4. The molecule has 39 heavy (non-hydrogen) atoms. The number of anilines is 2. The average molecular weight is 562 g/mol. The van der Waals surface area contributed by atoms with Gasteiger partial charge in [0.25, 0.3) is 5.56 Å². The van der Waals surface area contributed by atoms with Crippen LogP contribution in [0.2, 0.25) is 5.02 Å². The number of amides is 1. The van der Waals surface area contributed by atoms with Gasteiger partial charge in [0.2, 0.25) is 5.91 Å². The zero-order valence-electron chi connectivity index (χ0n) is 22.0. The summed E-state index contributed by atoms with van der Waals surface area (Å²) >= 11 is 7.47. The molecule has 1 amide bonds. The molecule has 0 radical (unpaired) electrons. The van der Waals surface area contributed by atoms with Gasteiger partial charge in [0, 0.05) is 49.1 Å². The van der Waals surface area contributed by atoms with E-state index in [9.17, 15) is 9.59 Å². The Morgan fingerprint density at radius 1 is 0.974 bits per heavy atom. The van der Waals surface area contributed by atoms with Crippen molar-refractivity contribution in [2.75, 3.05) is 48.7 Å². The van der Waals surface area contributed by atoms with Crippen LogP contribution in [0.5, 0.6) is 0 Å². The van der Waals surface area contributed by atoms with Gasteiger partial charge < -0.3 is 10.2 Å². The lowest BCUT2D eigenvalue weighted by atomic mass is 10.2. The number of para-hydroxylation sites is 1. The first-order chi connectivity index (χ1) is 19.0. The van der Waals surface area contributed by atoms with Crippen molar-refractivity contribution in [2.24, 2.45) is 0 Å². The molecule has 202 valence electrons. The lowest BCUT2D eigenvalue weighted by Crippen LogP contribution is -2.46. The van der Waals surface area contributed by atoms with Crippen LogP contribution in [0.4, 0.5) is 11.4 Å². The maximum Gasteiger partial charge on any atom is 0.262 e.